The number of carbonyl (C=O) groups is 1. The number of pyridine rings is 1. The maximum atomic E-state index is 12.7. The molecular weight excluding hydrogens is 412 g/mol. The minimum atomic E-state index is -0.504. The van der Waals surface area contributed by atoms with Gasteiger partial charge in [-0.15, -0.1) is 0 Å². The fraction of sp³-hybridized carbons (Fsp3) is 0.227. The van der Waals surface area contributed by atoms with Crippen molar-refractivity contribution in [2.75, 3.05) is 36.8 Å². The number of hydrogen-bond acceptors (Lipinski definition) is 7. The number of thioether (sulfide) groups is 1. The molecule has 3 heterocycles. The van der Waals surface area contributed by atoms with E-state index in [0.29, 0.717) is 29.5 Å². The van der Waals surface area contributed by atoms with Crippen molar-refractivity contribution in [2.24, 2.45) is 0 Å². The van der Waals surface area contributed by atoms with Crippen LogP contribution in [0, 0.1) is 11.3 Å². The number of hydrogen-bond donors (Lipinski definition) is 1. The molecule has 0 aliphatic carbocycles. The standard InChI is InChI=1S/C22H20N6O2S/c23-14-17-20(16-6-2-1-3-7-16)25-22(26-21(17)30)31-15-19(29)28-12-10-27(11-13-28)18-8-4-5-9-24-18/h1-9H,10-13,15H2,(H,25,26,30). The number of rotatable bonds is 5. The number of aromatic nitrogens is 3. The first-order valence-corrected chi connectivity index (χ1v) is 10.8. The summed E-state index contributed by atoms with van der Waals surface area (Å²) in [6.07, 6.45) is 1.76. The number of nitrogens with zero attached hydrogens (tertiary/aromatic N) is 5. The van der Waals surface area contributed by atoms with Gasteiger partial charge in [-0.25, -0.2) is 9.97 Å². The molecule has 156 valence electrons. The van der Waals surface area contributed by atoms with Crippen LogP contribution in [0.25, 0.3) is 11.3 Å². The quantitative estimate of drug-likeness (QED) is 0.486. The van der Waals surface area contributed by atoms with Crippen molar-refractivity contribution in [2.45, 2.75) is 5.16 Å². The Labute approximate surface area is 183 Å². The number of benzene rings is 1. The molecule has 2 aromatic heterocycles. The first-order chi connectivity index (χ1) is 15.2. The van der Waals surface area contributed by atoms with Crippen LogP contribution in [0.5, 0.6) is 0 Å². The van der Waals surface area contributed by atoms with E-state index in [9.17, 15) is 14.9 Å². The van der Waals surface area contributed by atoms with Crippen LogP contribution in [0.3, 0.4) is 0 Å². The number of carbonyl (C=O) groups excluding carboxylic acids is 1. The lowest BCUT2D eigenvalue weighted by Crippen LogP contribution is -2.49. The Kier molecular flexibility index (Phi) is 6.29. The summed E-state index contributed by atoms with van der Waals surface area (Å²) in [6, 6.07) is 16.8. The van der Waals surface area contributed by atoms with E-state index in [1.165, 1.54) is 11.8 Å². The number of nitrogens with one attached hydrogen (secondary N) is 1. The molecule has 4 rings (SSSR count). The molecule has 31 heavy (non-hydrogen) atoms. The number of anilines is 1. The highest BCUT2D eigenvalue weighted by atomic mass is 32.2. The molecule has 9 heteroatoms. The van der Waals surface area contributed by atoms with Crippen molar-refractivity contribution >= 4 is 23.5 Å². The molecule has 1 amide bonds. The molecule has 8 nitrogen and oxygen atoms in total. The zero-order chi connectivity index (χ0) is 21.6. The van der Waals surface area contributed by atoms with Crippen LogP contribution in [0.2, 0.25) is 0 Å². The normalized spacial score (nSPS) is 13.6. The van der Waals surface area contributed by atoms with Gasteiger partial charge in [0.1, 0.15) is 17.5 Å². The summed E-state index contributed by atoms with van der Waals surface area (Å²) in [7, 11) is 0. The van der Waals surface area contributed by atoms with Crippen LogP contribution >= 0.6 is 11.8 Å². The molecule has 1 aliphatic heterocycles. The van der Waals surface area contributed by atoms with Crippen LogP contribution in [0.15, 0.2) is 64.7 Å². The van der Waals surface area contributed by atoms with Gasteiger partial charge in [0.25, 0.3) is 5.56 Å². The van der Waals surface area contributed by atoms with Crippen molar-refractivity contribution in [3.05, 3.63) is 70.6 Å². The summed E-state index contributed by atoms with van der Waals surface area (Å²) in [5.74, 6) is 1.06. The second-order valence-corrected chi connectivity index (χ2v) is 7.88. The fourth-order valence-electron chi connectivity index (χ4n) is 3.38. The largest absolute Gasteiger partial charge is 0.353 e. The lowest BCUT2D eigenvalue weighted by Gasteiger charge is -2.35. The van der Waals surface area contributed by atoms with Crippen molar-refractivity contribution in [1.29, 1.82) is 5.26 Å². The molecule has 1 N–H and O–H groups in total. The molecule has 1 fully saturated rings. The van der Waals surface area contributed by atoms with E-state index in [0.717, 1.165) is 18.9 Å². The average molecular weight is 433 g/mol. The second kappa shape index (κ2) is 9.45. The van der Waals surface area contributed by atoms with Crippen molar-refractivity contribution in [1.82, 2.24) is 19.9 Å². The number of piperazine rings is 1. The molecule has 0 radical (unpaired) electrons. The molecule has 1 aliphatic rings. The molecule has 3 aromatic rings. The van der Waals surface area contributed by atoms with Crippen LogP contribution in [0.1, 0.15) is 5.56 Å². The van der Waals surface area contributed by atoms with Crippen LogP contribution < -0.4 is 10.5 Å². The van der Waals surface area contributed by atoms with E-state index in [1.54, 1.807) is 18.3 Å². The summed E-state index contributed by atoms with van der Waals surface area (Å²) < 4.78 is 0. The highest BCUT2D eigenvalue weighted by Gasteiger charge is 2.22. The highest BCUT2D eigenvalue weighted by Crippen LogP contribution is 2.22. The van der Waals surface area contributed by atoms with Gasteiger partial charge in [-0.3, -0.25) is 9.59 Å². The summed E-state index contributed by atoms with van der Waals surface area (Å²) in [5, 5.41) is 9.68. The van der Waals surface area contributed by atoms with Gasteiger partial charge in [0.15, 0.2) is 5.16 Å². The average Bonchev–Trinajstić information content (AvgIpc) is 2.83. The van der Waals surface area contributed by atoms with Crippen LogP contribution in [0.4, 0.5) is 5.82 Å². The lowest BCUT2D eigenvalue weighted by molar-refractivity contribution is -0.128. The predicted molar refractivity (Wildman–Crippen MR) is 119 cm³/mol. The van der Waals surface area contributed by atoms with Gasteiger partial charge in [-0.05, 0) is 12.1 Å². The van der Waals surface area contributed by atoms with E-state index in [1.807, 2.05) is 47.4 Å². The summed E-state index contributed by atoms with van der Waals surface area (Å²) >= 11 is 1.17. The van der Waals surface area contributed by atoms with Gasteiger partial charge < -0.3 is 14.8 Å². The lowest BCUT2D eigenvalue weighted by atomic mass is 10.1. The maximum absolute atomic E-state index is 12.7. The van der Waals surface area contributed by atoms with E-state index in [-0.39, 0.29) is 17.2 Å². The first kappa shape index (κ1) is 20.6. The minimum absolute atomic E-state index is 0.0149. The van der Waals surface area contributed by atoms with Crippen molar-refractivity contribution < 1.29 is 4.79 Å². The highest BCUT2D eigenvalue weighted by molar-refractivity contribution is 7.99. The van der Waals surface area contributed by atoms with Crippen molar-refractivity contribution in [3.8, 4) is 17.3 Å². The molecule has 1 saturated heterocycles. The van der Waals surface area contributed by atoms with E-state index in [2.05, 4.69) is 19.9 Å². The smallest absolute Gasteiger partial charge is 0.270 e. The third-order valence-electron chi connectivity index (χ3n) is 4.99. The third-order valence-corrected chi connectivity index (χ3v) is 5.85. The van der Waals surface area contributed by atoms with Gasteiger partial charge >= 0.3 is 0 Å². The fourth-order valence-corrected chi connectivity index (χ4v) is 4.14. The van der Waals surface area contributed by atoms with Crippen LogP contribution in [-0.4, -0.2) is 57.7 Å². The summed E-state index contributed by atoms with van der Waals surface area (Å²) in [6.45, 7) is 2.67. The van der Waals surface area contributed by atoms with Gasteiger partial charge in [0.2, 0.25) is 5.91 Å². The zero-order valence-electron chi connectivity index (χ0n) is 16.7. The summed E-state index contributed by atoms with van der Waals surface area (Å²) in [5.41, 5.74) is 0.470. The van der Waals surface area contributed by atoms with Crippen LogP contribution in [-0.2, 0) is 4.79 Å². The predicted octanol–water partition coefficient (Wildman–Crippen LogP) is 2.14. The first-order valence-electron chi connectivity index (χ1n) is 9.82. The number of aromatic amines is 1. The van der Waals surface area contributed by atoms with E-state index < -0.39 is 5.56 Å². The van der Waals surface area contributed by atoms with E-state index in [4.69, 9.17) is 0 Å². The molecule has 0 atom stereocenters. The van der Waals surface area contributed by atoms with Gasteiger partial charge in [0, 0.05) is 37.9 Å². The molecule has 0 spiro atoms. The number of nitriles is 1. The minimum Gasteiger partial charge on any atom is -0.353 e. The molecule has 0 saturated carbocycles. The van der Waals surface area contributed by atoms with Gasteiger partial charge in [-0.1, -0.05) is 48.2 Å². The van der Waals surface area contributed by atoms with Gasteiger partial charge in [0.05, 0.1) is 11.4 Å². The molecule has 0 unspecified atom stereocenters. The molecule has 0 bridgehead atoms. The van der Waals surface area contributed by atoms with Gasteiger partial charge in [-0.2, -0.15) is 5.26 Å². The number of amides is 1. The zero-order valence-corrected chi connectivity index (χ0v) is 17.5. The SMILES string of the molecule is N#Cc1c(-c2ccccc2)nc(SCC(=O)N2CCN(c3ccccn3)CC2)[nH]c1=O. The Bertz CT molecular complexity index is 1150. The maximum Gasteiger partial charge on any atom is 0.270 e. The Hall–Kier alpha value is -3.64. The monoisotopic (exact) mass is 432 g/mol. The molecule has 1 aromatic carbocycles. The Morgan fingerprint density at radius 1 is 1.10 bits per heavy atom. The molecular formula is C22H20N6O2S. The Morgan fingerprint density at radius 3 is 2.52 bits per heavy atom. The third kappa shape index (κ3) is 4.75. The second-order valence-electron chi connectivity index (χ2n) is 6.92. The Morgan fingerprint density at radius 2 is 1.84 bits per heavy atom. The van der Waals surface area contributed by atoms with Crippen molar-refractivity contribution in [3.63, 3.8) is 0 Å². The topological polar surface area (TPSA) is 106 Å². The summed E-state index contributed by atoms with van der Waals surface area (Å²) in [4.78, 5) is 40.4. The Balaban J connectivity index is 1.40. The number of H-pyrrole nitrogens is 1. The van der Waals surface area contributed by atoms with E-state index >= 15 is 0 Å².